The largest absolute Gasteiger partial charge is 0.467 e. The molecular formula is C15H21N3O3. The monoisotopic (exact) mass is 291 g/mol. The molecular weight excluding hydrogens is 270 g/mol. The molecule has 1 aromatic heterocycles. The molecule has 0 radical (unpaired) electrons. The van der Waals surface area contributed by atoms with Gasteiger partial charge in [0.15, 0.2) is 0 Å². The summed E-state index contributed by atoms with van der Waals surface area (Å²) < 4.78 is 5.32. The van der Waals surface area contributed by atoms with E-state index >= 15 is 0 Å². The number of urea groups is 1. The Balaban J connectivity index is 1.62. The number of amides is 3. The molecule has 0 unspecified atom stereocenters. The van der Waals surface area contributed by atoms with Gasteiger partial charge in [0.05, 0.1) is 12.8 Å². The van der Waals surface area contributed by atoms with E-state index in [9.17, 15) is 9.59 Å². The molecule has 6 nitrogen and oxygen atoms in total. The zero-order chi connectivity index (χ0) is 14.7. The van der Waals surface area contributed by atoms with E-state index < -0.39 is 6.04 Å². The summed E-state index contributed by atoms with van der Waals surface area (Å²) in [5, 5.41) is 5.71. The minimum atomic E-state index is -0.419. The van der Waals surface area contributed by atoms with Crippen molar-refractivity contribution in [2.45, 2.75) is 50.7 Å². The SMILES string of the molecule is O=C1NCCCC[C@H]1NC(=O)N(Cc1ccco1)C1CC1. The topological polar surface area (TPSA) is 74.6 Å². The Labute approximate surface area is 123 Å². The number of rotatable bonds is 4. The summed E-state index contributed by atoms with van der Waals surface area (Å²) in [4.78, 5) is 26.2. The van der Waals surface area contributed by atoms with E-state index in [1.54, 1.807) is 11.2 Å². The highest BCUT2D eigenvalue weighted by Gasteiger charge is 2.35. The maximum atomic E-state index is 12.5. The molecule has 21 heavy (non-hydrogen) atoms. The molecule has 2 fully saturated rings. The van der Waals surface area contributed by atoms with E-state index in [4.69, 9.17) is 4.42 Å². The first-order valence-corrected chi connectivity index (χ1v) is 7.61. The summed E-state index contributed by atoms with van der Waals surface area (Å²) in [6.07, 6.45) is 6.27. The van der Waals surface area contributed by atoms with E-state index in [-0.39, 0.29) is 18.0 Å². The van der Waals surface area contributed by atoms with Crippen molar-refractivity contribution in [3.05, 3.63) is 24.2 Å². The summed E-state index contributed by atoms with van der Waals surface area (Å²) in [7, 11) is 0. The molecule has 0 aromatic carbocycles. The zero-order valence-electron chi connectivity index (χ0n) is 12.0. The van der Waals surface area contributed by atoms with Crippen molar-refractivity contribution >= 4 is 11.9 Å². The first kappa shape index (κ1) is 14.0. The van der Waals surface area contributed by atoms with Gasteiger partial charge < -0.3 is 20.0 Å². The van der Waals surface area contributed by atoms with Gasteiger partial charge in [0.25, 0.3) is 0 Å². The van der Waals surface area contributed by atoms with Crippen LogP contribution in [0.25, 0.3) is 0 Å². The lowest BCUT2D eigenvalue weighted by molar-refractivity contribution is -0.122. The first-order chi connectivity index (χ1) is 10.2. The summed E-state index contributed by atoms with van der Waals surface area (Å²) in [5.74, 6) is 0.692. The molecule has 1 atom stereocenters. The first-order valence-electron chi connectivity index (χ1n) is 7.61. The van der Waals surface area contributed by atoms with Crippen molar-refractivity contribution < 1.29 is 14.0 Å². The second-order valence-corrected chi connectivity index (χ2v) is 5.73. The maximum Gasteiger partial charge on any atom is 0.318 e. The third kappa shape index (κ3) is 3.56. The standard InChI is InChI=1S/C15H21N3O3/c19-14-13(5-1-2-8-16-14)17-15(20)18(11-6-7-11)10-12-4-3-9-21-12/h3-4,9,11,13H,1-2,5-8,10H2,(H,16,19)(H,17,20)/t13-/m1/s1. The highest BCUT2D eigenvalue weighted by atomic mass is 16.3. The van der Waals surface area contributed by atoms with Crippen molar-refractivity contribution in [1.82, 2.24) is 15.5 Å². The predicted molar refractivity (Wildman–Crippen MR) is 76.5 cm³/mol. The maximum absolute atomic E-state index is 12.5. The number of furan rings is 1. The Bertz CT molecular complexity index is 496. The lowest BCUT2D eigenvalue weighted by Gasteiger charge is -2.24. The fourth-order valence-electron chi connectivity index (χ4n) is 2.63. The van der Waals surface area contributed by atoms with Crippen LogP contribution >= 0.6 is 0 Å². The average molecular weight is 291 g/mol. The number of hydrogen-bond donors (Lipinski definition) is 2. The lowest BCUT2D eigenvalue weighted by atomic mass is 10.1. The molecule has 6 heteroatoms. The normalized spacial score (nSPS) is 22.3. The highest BCUT2D eigenvalue weighted by Crippen LogP contribution is 2.28. The van der Waals surface area contributed by atoms with Gasteiger partial charge >= 0.3 is 6.03 Å². The molecule has 1 saturated heterocycles. The molecule has 3 amide bonds. The molecule has 1 aliphatic carbocycles. The number of nitrogens with zero attached hydrogens (tertiary/aromatic N) is 1. The van der Waals surface area contributed by atoms with Gasteiger partial charge in [0.1, 0.15) is 11.8 Å². The van der Waals surface area contributed by atoms with E-state index in [0.29, 0.717) is 19.5 Å². The van der Waals surface area contributed by atoms with E-state index in [1.807, 2.05) is 12.1 Å². The number of hydrogen-bond acceptors (Lipinski definition) is 3. The summed E-state index contributed by atoms with van der Waals surface area (Å²) in [5.41, 5.74) is 0. The second-order valence-electron chi connectivity index (χ2n) is 5.73. The van der Waals surface area contributed by atoms with Crippen LogP contribution in [0.1, 0.15) is 37.9 Å². The Morgan fingerprint density at radius 3 is 2.95 bits per heavy atom. The van der Waals surface area contributed by atoms with Crippen molar-refractivity contribution in [2.24, 2.45) is 0 Å². The van der Waals surface area contributed by atoms with Gasteiger partial charge in [0.2, 0.25) is 5.91 Å². The molecule has 3 rings (SSSR count). The second kappa shape index (κ2) is 6.20. The zero-order valence-corrected chi connectivity index (χ0v) is 12.0. The van der Waals surface area contributed by atoms with Gasteiger partial charge in [-0.25, -0.2) is 4.79 Å². The van der Waals surface area contributed by atoms with Gasteiger partial charge in [-0.2, -0.15) is 0 Å². The molecule has 114 valence electrons. The minimum absolute atomic E-state index is 0.0744. The van der Waals surface area contributed by atoms with Crippen LogP contribution in [0.5, 0.6) is 0 Å². The third-order valence-electron chi connectivity index (χ3n) is 3.99. The van der Waals surface area contributed by atoms with Crippen LogP contribution in [0.4, 0.5) is 4.79 Å². The van der Waals surface area contributed by atoms with Crippen molar-refractivity contribution in [2.75, 3.05) is 6.54 Å². The van der Waals surface area contributed by atoms with Crippen molar-refractivity contribution in [3.63, 3.8) is 0 Å². The Morgan fingerprint density at radius 1 is 1.38 bits per heavy atom. The van der Waals surface area contributed by atoms with Crippen LogP contribution < -0.4 is 10.6 Å². The number of carbonyl (C=O) groups excluding carboxylic acids is 2. The smallest absolute Gasteiger partial charge is 0.318 e. The Hall–Kier alpha value is -1.98. The molecule has 1 saturated carbocycles. The van der Waals surface area contributed by atoms with Gasteiger partial charge in [-0.15, -0.1) is 0 Å². The Morgan fingerprint density at radius 2 is 2.24 bits per heavy atom. The fraction of sp³-hybridized carbons (Fsp3) is 0.600. The van der Waals surface area contributed by atoms with Crippen LogP contribution in [0, 0.1) is 0 Å². The highest BCUT2D eigenvalue weighted by molar-refractivity contribution is 5.87. The van der Waals surface area contributed by atoms with Gasteiger partial charge in [0, 0.05) is 12.6 Å². The molecule has 2 aliphatic rings. The molecule has 1 aliphatic heterocycles. The van der Waals surface area contributed by atoms with Crippen LogP contribution in [0.3, 0.4) is 0 Å². The molecule has 1 aromatic rings. The van der Waals surface area contributed by atoms with Gasteiger partial charge in [-0.1, -0.05) is 0 Å². The van der Waals surface area contributed by atoms with Gasteiger partial charge in [-0.3, -0.25) is 4.79 Å². The predicted octanol–water partition coefficient (Wildman–Crippen LogP) is 1.62. The minimum Gasteiger partial charge on any atom is -0.467 e. The van der Waals surface area contributed by atoms with Gasteiger partial charge in [-0.05, 0) is 44.2 Å². The third-order valence-corrected chi connectivity index (χ3v) is 3.99. The Kier molecular flexibility index (Phi) is 4.13. The van der Waals surface area contributed by atoms with Crippen LogP contribution in [0.2, 0.25) is 0 Å². The average Bonchev–Trinajstić information content (AvgIpc) is 3.22. The molecule has 2 N–H and O–H groups in total. The van der Waals surface area contributed by atoms with E-state index in [0.717, 1.165) is 31.4 Å². The van der Waals surface area contributed by atoms with E-state index in [2.05, 4.69) is 10.6 Å². The molecule has 2 heterocycles. The molecule has 0 spiro atoms. The van der Waals surface area contributed by atoms with Crippen LogP contribution in [-0.2, 0) is 11.3 Å². The van der Waals surface area contributed by atoms with Crippen LogP contribution in [0.15, 0.2) is 22.8 Å². The summed E-state index contributed by atoms with van der Waals surface area (Å²) >= 11 is 0. The number of carbonyl (C=O) groups is 2. The van der Waals surface area contributed by atoms with Crippen molar-refractivity contribution in [1.29, 1.82) is 0 Å². The quantitative estimate of drug-likeness (QED) is 0.885. The fourth-order valence-corrected chi connectivity index (χ4v) is 2.63. The lowest BCUT2D eigenvalue weighted by Crippen LogP contribution is -2.50. The summed E-state index contributed by atoms with van der Waals surface area (Å²) in [6, 6.07) is 3.36. The number of nitrogens with one attached hydrogen (secondary N) is 2. The van der Waals surface area contributed by atoms with E-state index in [1.165, 1.54) is 0 Å². The van der Waals surface area contributed by atoms with Crippen molar-refractivity contribution in [3.8, 4) is 0 Å². The molecule has 0 bridgehead atoms. The summed E-state index contributed by atoms with van der Waals surface area (Å²) in [6.45, 7) is 1.15. The van der Waals surface area contributed by atoms with Crippen LogP contribution in [-0.4, -0.2) is 35.5 Å².